The van der Waals surface area contributed by atoms with E-state index in [9.17, 15) is 5.11 Å². The van der Waals surface area contributed by atoms with Crippen LogP contribution in [0.15, 0.2) is 0 Å². The first-order chi connectivity index (χ1) is 10.6. The van der Waals surface area contributed by atoms with Crippen LogP contribution in [0.5, 0.6) is 0 Å². The van der Waals surface area contributed by atoms with Crippen LogP contribution in [0.3, 0.4) is 0 Å². The van der Waals surface area contributed by atoms with Gasteiger partial charge in [0, 0.05) is 24.5 Å². The molecule has 0 spiro atoms. The third-order valence-corrected chi connectivity index (χ3v) is 5.08. The molecule has 0 saturated carbocycles. The van der Waals surface area contributed by atoms with Gasteiger partial charge < -0.3 is 15.3 Å². The fourth-order valence-electron chi connectivity index (χ4n) is 2.82. The maximum atomic E-state index is 9.54. The smallest absolute Gasteiger partial charge is 0.276 e. The number of aliphatic hydroxyl groups is 1. The molecular formula is C13H17N7OS. The summed E-state index contributed by atoms with van der Waals surface area (Å²) in [5.74, 6) is 1.24. The molecule has 0 fully saturated rings. The Kier molecular flexibility index (Phi) is 3.21. The van der Waals surface area contributed by atoms with E-state index >= 15 is 0 Å². The Morgan fingerprint density at radius 1 is 1.45 bits per heavy atom. The van der Waals surface area contributed by atoms with Gasteiger partial charge in [0.2, 0.25) is 0 Å². The number of aromatic nitrogens is 5. The monoisotopic (exact) mass is 319 g/mol. The predicted octanol–water partition coefficient (Wildman–Crippen LogP) is 0.515. The summed E-state index contributed by atoms with van der Waals surface area (Å²) < 4.78 is 1.70. The SMILES string of the molecule is C[C@H](O)CNc1nc2nnnn2c2sc3c(c12)CCN(C)C3. The molecule has 1 aliphatic rings. The van der Waals surface area contributed by atoms with E-state index in [0.29, 0.717) is 12.3 Å². The lowest BCUT2D eigenvalue weighted by molar-refractivity contribution is 0.208. The standard InChI is InChI=1S/C13H17N7OS/c1-7(21)5-14-11-10-8-3-4-19(2)6-9(8)22-12(10)20-13(15-11)16-17-18-20/h7,21H,3-6H2,1-2H3,(H,14,15,16,18)/t7-/m0/s1. The lowest BCUT2D eigenvalue weighted by atomic mass is 10.1. The fraction of sp³-hybridized carbons (Fsp3) is 0.538. The lowest BCUT2D eigenvalue weighted by Crippen LogP contribution is -2.25. The molecule has 3 aromatic rings. The number of aliphatic hydroxyl groups excluding tert-OH is 1. The van der Waals surface area contributed by atoms with E-state index in [1.54, 1.807) is 22.8 Å². The second-order valence-corrected chi connectivity index (χ2v) is 6.84. The highest BCUT2D eigenvalue weighted by Gasteiger charge is 2.24. The number of nitrogens with one attached hydrogen (secondary N) is 1. The molecule has 2 N–H and O–H groups in total. The van der Waals surface area contributed by atoms with Crippen LogP contribution in [0.25, 0.3) is 16.0 Å². The van der Waals surface area contributed by atoms with E-state index in [-0.39, 0.29) is 0 Å². The number of hydrogen-bond acceptors (Lipinski definition) is 8. The minimum Gasteiger partial charge on any atom is -0.392 e. The summed E-state index contributed by atoms with van der Waals surface area (Å²) in [6.07, 6.45) is 0.550. The molecule has 0 unspecified atom stereocenters. The number of rotatable bonds is 3. The number of thiophene rings is 1. The van der Waals surface area contributed by atoms with Crippen molar-refractivity contribution in [3.63, 3.8) is 0 Å². The van der Waals surface area contributed by atoms with Gasteiger partial charge in [0.05, 0.1) is 11.5 Å². The van der Waals surface area contributed by atoms with Gasteiger partial charge in [-0.05, 0) is 36.4 Å². The van der Waals surface area contributed by atoms with Gasteiger partial charge in [-0.2, -0.15) is 9.50 Å². The van der Waals surface area contributed by atoms with E-state index in [2.05, 4.69) is 37.8 Å². The third kappa shape index (κ3) is 2.13. The zero-order chi connectivity index (χ0) is 15.3. The van der Waals surface area contributed by atoms with Crippen molar-refractivity contribution in [2.24, 2.45) is 0 Å². The van der Waals surface area contributed by atoms with Gasteiger partial charge in [-0.1, -0.05) is 5.10 Å². The van der Waals surface area contributed by atoms with Crippen LogP contribution in [0.1, 0.15) is 17.4 Å². The van der Waals surface area contributed by atoms with Gasteiger partial charge in [-0.25, -0.2) is 0 Å². The van der Waals surface area contributed by atoms with Crippen LogP contribution in [-0.4, -0.2) is 61.3 Å². The molecule has 1 atom stereocenters. The van der Waals surface area contributed by atoms with Crippen LogP contribution in [0, 0.1) is 0 Å². The first-order valence-electron chi connectivity index (χ1n) is 7.26. The molecule has 4 heterocycles. The molecule has 1 aliphatic heterocycles. The van der Waals surface area contributed by atoms with Gasteiger partial charge in [0.1, 0.15) is 10.6 Å². The summed E-state index contributed by atoms with van der Waals surface area (Å²) >= 11 is 1.72. The Bertz CT molecular complexity index is 840. The number of hydrogen-bond donors (Lipinski definition) is 2. The van der Waals surface area contributed by atoms with E-state index < -0.39 is 6.10 Å². The quantitative estimate of drug-likeness (QED) is 0.727. The molecule has 0 saturated heterocycles. The molecule has 116 valence electrons. The third-order valence-electron chi connectivity index (χ3n) is 3.89. The molecule has 0 aromatic carbocycles. The number of likely N-dealkylation sites (N-methyl/N-ethyl adjacent to an activating group) is 1. The number of anilines is 1. The Morgan fingerprint density at radius 2 is 2.32 bits per heavy atom. The Morgan fingerprint density at radius 3 is 3.14 bits per heavy atom. The maximum Gasteiger partial charge on any atom is 0.276 e. The largest absolute Gasteiger partial charge is 0.392 e. The van der Waals surface area contributed by atoms with Gasteiger partial charge in [0.25, 0.3) is 5.78 Å². The number of nitrogens with zero attached hydrogens (tertiary/aromatic N) is 6. The second-order valence-electron chi connectivity index (χ2n) is 5.75. The van der Waals surface area contributed by atoms with Crippen molar-refractivity contribution in [2.75, 3.05) is 25.5 Å². The van der Waals surface area contributed by atoms with Crippen LogP contribution < -0.4 is 5.32 Å². The van der Waals surface area contributed by atoms with E-state index in [4.69, 9.17) is 0 Å². The molecule has 9 heteroatoms. The fourth-order valence-corrected chi connectivity index (χ4v) is 4.19. The Balaban J connectivity index is 1.95. The molecule has 0 amide bonds. The van der Waals surface area contributed by atoms with Crippen molar-refractivity contribution in [3.8, 4) is 0 Å². The Hall–Kier alpha value is -1.84. The van der Waals surface area contributed by atoms with E-state index in [0.717, 1.165) is 35.5 Å². The summed E-state index contributed by atoms with van der Waals surface area (Å²) in [5.41, 5.74) is 1.33. The summed E-state index contributed by atoms with van der Waals surface area (Å²) in [4.78, 5) is 9.20. The highest BCUT2D eigenvalue weighted by Crippen LogP contribution is 2.38. The summed E-state index contributed by atoms with van der Waals surface area (Å²) in [7, 11) is 2.13. The number of tetrazole rings is 1. The van der Waals surface area contributed by atoms with Gasteiger partial charge in [0.15, 0.2) is 0 Å². The zero-order valence-electron chi connectivity index (χ0n) is 12.4. The topological polar surface area (TPSA) is 91.5 Å². The molecule has 0 bridgehead atoms. The zero-order valence-corrected chi connectivity index (χ0v) is 13.3. The van der Waals surface area contributed by atoms with Gasteiger partial charge >= 0.3 is 0 Å². The first-order valence-corrected chi connectivity index (χ1v) is 8.08. The van der Waals surface area contributed by atoms with E-state index in [1.165, 1.54) is 10.4 Å². The Labute approximate surface area is 130 Å². The lowest BCUT2D eigenvalue weighted by Gasteiger charge is -2.22. The normalized spacial score (nSPS) is 17.0. The van der Waals surface area contributed by atoms with Crippen LogP contribution in [0.4, 0.5) is 5.82 Å². The van der Waals surface area contributed by atoms with Crippen LogP contribution in [0.2, 0.25) is 0 Å². The molecule has 3 aromatic heterocycles. The predicted molar refractivity (Wildman–Crippen MR) is 84.2 cm³/mol. The average molecular weight is 319 g/mol. The molecule has 22 heavy (non-hydrogen) atoms. The molecule has 8 nitrogen and oxygen atoms in total. The molecule has 0 radical (unpaired) electrons. The minimum absolute atomic E-state index is 0.440. The van der Waals surface area contributed by atoms with Gasteiger partial charge in [-0.3, -0.25) is 0 Å². The van der Waals surface area contributed by atoms with Crippen molar-refractivity contribution < 1.29 is 5.11 Å². The van der Waals surface area contributed by atoms with Crippen molar-refractivity contribution in [1.29, 1.82) is 0 Å². The minimum atomic E-state index is -0.440. The van der Waals surface area contributed by atoms with Gasteiger partial charge in [-0.15, -0.1) is 11.3 Å². The molecular weight excluding hydrogens is 302 g/mol. The van der Waals surface area contributed by atoms with Crippen molar-refractivity contribution >= 4 is 33.1 Å². The average Bonchev–Trinajstić information content (AvgIpc) is 3.07. The second kappa shape index (κ2) is 5.11. The first kappa shape index (κ1) is 13.8. The van der Waals surface area contributed by atoms with Crippen molar-refractivity contribution in [2.45, 2.75) is 26.0 Å². The molecule has 0 aliphatic carbocycles. The highest BCUT2D eigenvalue weighted by molar-refractivity contribution is 7.19. The van der Waals surface area contributed by atoms with Crippen molar-refractivity contribution in [1.82, 2.24) is 29.9 Å². The highest BCUT2D eigenvalue weighted by atomic mass is 32.1. The summed E-state index contributed by atoms with van der Waals surface area (Å²) in [5, 5.41) is 25.6. The van der Waals surface area contributed by atoms with Crippen LogP contribution >= 0.6 is 11.3 Å². The maximum absolute atomic E-state index is 9.54. The van der Waals surface area contributed by atoms with E-state index in [1.807, 2.05) is 0 Å². The summed E-state index contributed by atoms with van der Waals surface area (Å²) in [6, 6.07) is 0. The van der Waals surface area contributed by atoms with Crippen LogP contribution in [-0.2, 0) is 13.0 Å². The van der Waals surface area contributed by atoms with Crippen molar-refractivity contribution in [3.05, 3.63) is 10.4 Å². The molecule has 4 rings (SSSR count). The summed E-state index contributed by atoms with van der Waals surface area (Å²) in [6.45, 7) is 4.17. The number of fused-ring (bicyclic) bond motifs is 5.